The minimum atomic E-state index is -5.08. The number of amides is 1. The highest BCUT2D eigenvalue weighted by Crippen LogP contribution is 2.37. The van der Waals surface area contributed by atoms with Crippen molar-refractivity contribution in [1.82, 2.24) is 18.9 Å². The molecular formula is C23H27F3N4O3. The number of hydrogen-bond donors (Lipinski definition) is 1. The van der Waals surface area contributed by atoms with Crippen molar-refractivity contribution in [3.05, 3.63) is 36.0 Å². The molecular weight excluding hydrogens is 437 g/mol. The number of hydrogen-bond acceptors (Lipinski definition) is 3. The number of halogens is 3. The summed E-state index contributed by atoms with van der Waals surface area (Å²) in [6.07, 6.45) is -2.43. The number of likely N-dealkylation sites (N-methyl/N-ethyl adjacent to an activating group) is 1. The molecule has 1 amide bonds. The summed E-state index contributed by atoms with van der Waals surface area (Å²) < 4.78 is 36.3. The number of para-hydroxylation sites is 1. The molecule has 1 aliphatic carbocycles. The number of aryl methyl sites for hydroxylation is 1. The van der Waals surface area contributed by atoms with Gasteiger partial charge >= 0.3 is 12.1 Å². The summed E-state index contributed by atoms with van der Waals surface area (Å²) in [5.41, 5.74) is 4.50. The Bertz CT molecular complexity index is 1190. The Morgan fingerprint density at radius 2 is 1.64 bits per heavy atom. The van der Waals surface area contributed by atoms with Gasteiger partial charge in [-0.3, -0.25) is 4.79 Å². The number of aromatic nitrogens is 2. The number of aliphatic carboxylic acids is 1. The molecule has 0 bridgehead atoms. The molecule has 5 rings (SSSR count). The van der Waals surface area contributed by atoms with Crippen LogP contribution in [0.1, 0.15) is 23.3 Å². The second kappa shape index (κ2) is 8.74. The van der Waals surface area contributed by atoms with Crippen LogP contribution >= 0.6 is 0 Å². The van der Waals surface area contributed by atoms with Crippen LogP contribution in [-0.2, 0) is 18.4 Å². The van der Waals surface area contributed by atoms with Gasteiger partial charge in [-0.25, -0.2) is 4.79 Å². The van der Waals surface area contributed by atoms with Crippen molar-refractivity contribution in [3.8, 4) is 0 Å². The lowest BCUT2D eigenvalue weighted by Gasteiger charge is -2.32. The summed E-state index contributed by atoms with van der Waals surface area (Å²) in [5, 5.41) is 8.38. The summed E-state index contributed by atoms with van der Waals surface area (Å²) in [6, 6.07) is 10.7. The number of benzene rings is 1. The number of carboxylic acids is 1. The summed E-state index contributed by atoms with van der Waals surface area (Å²) in [4.78, 5) is 26.3. The molecule has 3 aromatic rings. The van der Waals surface area contributed by atoms with Crippen LogP contribution in [0.3, 0.4) is 0 Å². The van der Waals surface area contributed by atoms with Crippen LogP contribution in [0.15, 0.2) is 30.3 Å². The topological polar surface area (TPSA) is 70.7 Å². The first-order valence-electron chi connectivity index (χ1n) is 10.9. The van der Waals surface area contributed by atoms with Gasteiger partial charge in [-0.15, -0.1) is 0 Å². The van der Waals surface area contributed by atoms with Crippen LogP contribution in [0.4, 0.5) is 13.2 Å². The zero-order chi connectivity index (χ0) is 23.9. The maximum atomic E-state index is 13.2. The largest absolute Gasteiger partial charge is 0.490 e. The molecule has 33 heavy (non-hydrogen) atoms. The quantitative estimate of drug-likeness (QED) is 0.644. The van der Waals surface area contributed by atoms with Gasteiger partial charge in [0.15, 0.2) is 0 Å². The maximum absolute atomic E-state index is 13.2. The molecule has 0 radical (unpaired) electrons. The Kier molecular flexibility index (Phi) is 6.13. The number of alkyl halides is 3. The number of rotatable bonds is 3. The van der Waals surface area contributed by atoms with Crippen LogP contribution in [0, 0.1) is 5.92 Å². The first-order chi connectivity index (χ1) is 15.6. The fourth-order valence-electron chi connectivity index (χ4n) is 4.28. The van der Waals surface area contributed by atoms with E-state index in [2.05, 4.69) is 51.4 Å². The molecule has 7 nitrogen and oxygen atoms in total. The average Bonchev–Trinajstić information content (AvgIpc) is 3.45. The van der Waals surface area contributed by atoms with Crippen LogP contribution < -0.4 is 0 Å². The van der Waals surface area contributed by atoms with Gasteiger partial charge in [0.25, 0.3) is 5.91 Å². The fraction of sp³-hybridized carbons (Fsp3) is 0.478. The number of carbonyl (C=O) groups excluding carboxylic acids is 1. The second-order valence-electron chi connectivity index (χ2n) is 8.79. The van der Waals surface area contributed by atoms with E-state index in [9.17, 15) is 18.0 Å². The summed E-state index contributed by atoms with van der Waals surface area (Å²) in [6.45, 7) is 4.59. The monoisotopic (exact) mass is 464 g/mol. The van der Waals surface area contributed by atoms with Gasteiger partial charge in [0.2, 0.25) is 0 Å². The highest BCUT2D eigenvalue weighted by Gasteiger charge is 2.38. The number of piperazine rings is 1. The van der Waals surface area contributed by atoms with Crippen molar-refractivity contribution >= 4 is 33.8 Å². The zero-order valence-electron chi connectivity index (χ0n) is 18.6. The molecule has 2 fully saturated rings. The molecule has 2 aliphatic rings. The third kappa shape index (κ3) is 4.71. The number of nitrogens with zero attached hydrogens (tertiary/aromatic N) is 4. The normalized spacial score (nSPS) is 17.3. The molecule has 1 saturated carbocycles. The second-order valence-corrected chi connectivity index (χ2v) is 8.79. The average molecular weight is 464 g/mol. The van der Waals surface area contributed by atoms with Gasteiger partial charge in [0, 0.05) is 45.2 Å². The van der Waals surface area contributed by atoms with Crippen LogP contribution in [0.2, 0.25) is 0 Å². The molecule has 0 unspecified atom stereocenters. The molecule has 1 saturated heterocycles. The van der Waals surface area contributed by atoms with E-state index in [1.165, 1.54) is 34.8 Å². The van der Waals surface area contributed by atoms with Crippen molar-refractivity contribution in [3.63, 3.8) is 0 Å². The van der Waals surface area contributed by atoms with E-state index in [1.807, 2.05) is 11.9 Å². The molecule has 3 heterocycles. The van der Waals surface area contributed by atoms with Gasteiger partial charge < -0.3 is 24.0 Å². The van der Waals surface area contributed by atoms with E-state index in [4.69, 9.17) is 9.90 Å². The lowest BCUT2D eigenvalue weighted by molar-refractivity contribution is -0.192. The van der Waals surface area contributed by atoms with Crippen molar-refractivity contribution in [2.75, 3.05) is 33.2 Å². The van der Waals surface area contributed by atoms with E-state index < -0.39 is 12.1 Å². The van der Waals surface area contributed by atoms with Gasteiger partial charge in [0.1, 0.15) is 5.69 Å². The Morgan fingerprint density at radius 1 is 1.03 bits per heavy atom. The van der Waals surface area contributed by atoms with E-state index in [0.717, 1.165) is 44.3 Å². The first-order valence-corrected chi connectivity index (χ1v) is 10.9. The molecule has 1 aliphatic heterocycles. The third-order valence-electron chi connectivity index (χ3n) is 6.34. The van der Waals surface area contributed by atoms with E-state index in [1.54, 1.807) is 0 Å². The Balaban J connectivity index is 0.000000325. The maximum Gasteiger partial charge on any atom is 0.490 e. The number of carboxylic acid groups (broad SMARTS) is 1. The Morgan fingerprint density at radius 3 is 2.21 bits per heavy atom. The Hall–Kier alpha value is -3.01. The van der Waals surface area contributed by atoms with Crippen LogP contribution in [0.25, 0.3) is 21.9 Å². The predicted molar refractivity (Wildman–Crippen MR) is 118 cm³/mol. The van der Waals surface area contributed by atoms with E-state index in [0.29, 0.717) is 0 Å². The smallest absolute Gasteiger partial charge is 0.475 e. The van der Waals surface area contributed by atoms with Gasteiger partial charge in [-0.2, -0.15) is 13.2 Å². The SMILES string of the molecule is CN1CCN(C(=O)c2cc3c(c4ccccc4n3CC3CC3)n2C)CC1.O=C(O)C(F)(F)F. The van der Waals surface area contributed by atoms with Crippen LogP contribution in [0.5, 0.6) is 0 Å². The van der Waals surface area contributed by atoms with Crippen molar-refractivity contribution in [2.45, 2.75) is 25.6 Å². The summed E-state index contributed by atoms with van der Waals surface area (Å²) in [7, 11) is 4.16. The zero-order valence-corrected chi connectivity index (χ0v) is 18.6. The van der Waals surface area contributed by atoms with Crippen LogP contribution in [-0.4, -0.2) is 75.3 Å². The predicted octanol–water partition coefficient (Wildman–Crippen LogP) is 3.56. The molecule has 1 N–H and O–H groups in total. The highest BCUT2D eigenvalue weighted by atomic mass is 19.4. The minimum Gasteiger partial charge on any atom is -0.475 e. The molecule has 0 atom stereocenters. The van der Waals surface area contributed by atoms with Crippen molar-refractivity contribution in [1.29, 1.82) is 0 Å². The van der Waals surface area contributed by atoms with Gasteiger partial charge in [-0.1, -0.05) is 18.2 Å². The summed E-state index contributed by atoms with van der Waals surface area (Å²) >= 11 is 0. The molecule has 1 aromatic carbocycles. The van der Waals surface area contributed by atoms with Gasteiger partial charge in [0.05, 0.1) is 16.6 Å². The summed E-state index contributed by atoms with van der Waals surface area (Å²) in [5.74, 6) is -1.79. The standard InChI is InChI=1S/C21H26N4O.C2HF3O2/c1-22-9-11-24(12-10-22)21(26)19-13-18-20(23(19)2)16-5-3-4-6-17(16)25(18)14-15-7-8-15;3-2(4,5)1(6)7/h3-6,13,15H,7-12,14H2,1-2H3;(H,6,7). The lowest BCUT2D eigenvalue weighted by Crippen LogP contribution is -2.47. The van der Waals surface area contributed by atoms with Gasteiger partial charge in [-0.05, 0) is 37.9 Å². The number of fused-ring (bicyclic) bond motifs is 3. The third-order valence-corrected chi connectivity index (χ3v) is 6.34. The molecule has 2 aromatic heterocycles. The molecule has 178 valence electrons. The van der Waals surface area contributed by atoms with E-state index >= 15 is 0 Å². The highest BCUT2D eigenvalue weighted by molar-refractivity contribution is 6.10. The fourth-order valence-corrected chi connectivity index (χ4v) is 4.28. The number of carbonyl (C=O) groups is 2. The molecule has 0 spiro atoms. The lowest BCUT2D eigenvalue weighted by atomic mass is 10.2. The minimum absolute atomic E-state index is 0.166. The molecule has 10 heteroatoms. The Labute approximate surface area is 189 Å². The van der Waals surface area contributed by atoms with E-state index in [-0.39, 0.29) is 5.91 Å². The van der Waals surface area contributed by atoms with Crippen molar-refractivity contribution < 1.29 is 27.9 Å². The first kappa shape index (κ1) is 23.2. The van der Waals surface area contributed by atoms with Crippen molar-refractivity contribution in [2.24, 2.45) is 13.0 Å².